The molecule has 4 fully saturated rings. The third-order valence-corrected chi connectivity index (χ3v) is 8.16. The first-order chi connectivity index (χ1) is 18.5. The van der Waals surface area contributed by atoms with E-state index >= 15 is 0 Å². The average molecular weight is 548 g/mol. The maximum atomic E-state index is 11.8. The zero-order valence-corrected chi connectivity index (χ0v) is 24.8. The van der Waals surface area contributed by atoms with Crippen LogP contribution in [-0.2, 0) is 14.3 Å². The standard InChI is InChI=1S/C25H39NO3.C6H12N2O2.H2/c1-5-6-7-23(27)26-21-13-11-20(12-14-21)10-8-19(2)9-15-22-16-25(18-28-25)17-24(3,4)29-22;1-7-2-4-8(5-3-7)6(9)10;/h6-9,15,20-22H,5,10-14,16-18H2,1-4H3,(H,26,27);2-5H2,1H3,(H,9,10);1H/b7-6-,15-9+,19-8+;;/t20?,21?,22-,25-;;/m1../s1. The molecule has 0 aromatic carbocycles. The number of likely N-dealkylation sites (N-methyl/N-ethyl adjacent to an activating group) is 1. The van der Waals surface area contributed by atoms with E-state index in [1.807, 2.05) is 20.0 Å². The third-order valence-electron chi connectivity index (χ3n) is 8.16. The first-order valence-corrected chi connectivity index (χ1v) is 14.8. The van der Waals surface area contributed by atoms with E-state index in [1.165, 1.54) is 23.3 Å². The zero-order valence-electron chi connectivity index (χ0n) is 24.8. The van der Waals surface area contributed by atoms with Gasteiger partial charge in [-0.1, -0.05) is 36.8 Å². The van der Waals surface area contributed by atoms with E-state index in [2.05, 4.69) is 49.2 Å². The molecule has 0 aromatic heterocycles. The lowest BCUT2D eigenvalue weighted by atomic mass is 9.83. The Hall–Kier alpha value is -2.16. The fourth-order valence-corrected chi connectivity index (χ4v) is 5.83. The number of piperazine rings is 1. The van der Waals surface area contributed by atoms with Gasteiger partial charge in [0.1, 0.15) is 0 Å². The normalized spacial score (nSPS) is 31.3. The fraction of sp³-hybridized carbons (Fsp3) is 0.742. The van der Waals surface area contributed by atoms with Crippen molar-refractivity contribution in [2.24, 2.45) is 5.92 Å². The van der Waals surface area contributed by atoms with Crippen LogP contribution in [0.3, 0.4) is 0 Å². The molecule has 1 spiro atoms. The molecule has 0 radical (unpaired) electrons. The molecule has 2 N–H and O–H groups in total. The quantitative estimate of drug-likeness (QED) is 0.252. The molecule has 8 heteroatoms. The Morgan fingerprint density at radius 1 is 1.10 bits per heavy atom. The van der Waals surface area contributed by atoms with Crippen molar-refractivity contribution in [3.05, 3.63) is 36.0 Å². The summed E-state index contributed by atoms with van der Waals surface area (Å²) in [7, 11) is 2.00. The third kappa shape index (κ3) is 11.1. The summed E-state index contributed by atoms with van der Waals surface area (Å²) in [5.41, 5.74) is 1.28. The molecule has 8 nitrogen and oxygen atoms in total. The van der Waals surface area contributed by atoms with Gasteiger partial charge in [-0.2, -0.15) is 0 Å². The van der Waals surface area contributed by atoms with Gasteiger partial charge in [-0.3, -0.25) is 4.79 Å². The molecular formula is C31H53N3O5. The highest BCUT2D eigenvalue weighted by atomic mass is 16.6. The molecule has 0 bridgehead atoms. The summed E-state index contributed by atoms with van der Waals surface area (Å²) in [6.45, 7) is 12.4. The Bertz CT molecular complexity index is 893. The molecule has 1 aliphatic carbocycles. The number of hydrogen-bond acceptors (Lipinski definition) is 5. The van der Waals surface area contributed by atoms with Crippen molar-refractivity contribution < 1.29 is 25.6 Å². The Morgan fingerprint density at radius 2 is 1.77 bits per heavy atom. The molecule has 4 aliphatic rings. The van der Waals surface area contributed by atoms with Gasteiger partial charge in [-0.15, -0.1) is 0 Å². The largest absolute Gasteiger partial charge is 0.465 e. The molecule has 1 saturated carbocycles. The van der Waals surface area contributed by atoms with Gasteiger partial charge in [-0.25, -0.2) is 4.79 Å². The summed E-state index contributed by atoms with van der Waals surface area (Å²) in [5.74, 6) is 0.786. The van der Waals surface area contributed by atoms with Crippen LogP contribution in [-0.4, -0.2) is 90.1 Å². The Labute approximate surface area is 236 Å². The van der Waals surface area contributed by atoms with E-state index < -0.39 is 6.09 Å². The van der Waals surface area contributed by atoms with Gasteiger partial charge in [0, 0.05) is 46.5 Å². The molecule has 2 atom stereocenters. The van der Waals surface area contributed by atoms with Crippen LogP contribution in [0.1, 0.15) is 80.5 Å². The number of hydrogen-bond donors (Lipinski definition) is 2. The summed E-state index contributed by atoms with van der Waals surface area (Å²) in [6, 6.07) is 0.342. The first-order valence-electron chi connectivity index (χ1n) is 14.8. The number of amides is 2. The van der Waals surface area contributed by atoms with Crippen molar-refractivity contribution in [2.75, 3.05) is 39.8 Å². The van der Waals surface area contributed by atoms with Crippen molar-refractivity contribution >= 4 is 12.0 Å². The average Bonchev–Trinajstić information content (AvgIpc) is 3.62. The van der Waals surface area contributed by atoms with Crippen molar-refractivity contribution in [1.29, 1.82) is 0 Å². The highest BCUT2D eigenvalue weighted by molar-refractivity contribution is 5.87. The Balaban J connectivity index is 0.000000431. The molecule has 4 rings (SSSR count). The van der Waals surface area contributed by atoms with E-state index in [4.69, 9.17) is 14.6 Å². The minimum Gasteiger partial charge on any atom is -0.465 e. The van der Waals surface area contributed by atoms with Crippen molar-refractivity contribution in [3.8, 4) is 0 Å². The number of carboxylic acid groups (broad SMARTS) is 1. The van der Waals surface area contributed by atoms with Gasteiger partial charge < -0.3 is 29.7 Å². The number of nitrogens with one attached hydrogen (secondary N) is 1. The van der Waals surface area contributed by atoms with Gasteiger partial charge in [0.05, 0.1) is 23.9 Å². The number of carbonyl (C=O) groups excluding carboxylic acids is 1. The summed E-state index contributed by atoms with van der Waals surface area (Å²) < 4.78 is 12.0. The van der Waals surface area contributed by atoms with Crippen LogP contribution >= 0.6 is 0 Å². The number of epoxide rings is 1. The van der Waals surface area contributed by atoms with Gasteiger partial charge >= 0.3 is 6.09 Å². The highest BCUT2D eigenvalue weighted by Crippen LogP contribution is 2.46. The fourth-order valence-electron chi connectivity index (χ4n) is 5.83. The van der Waals surface area contributed by atoms with Gasteiger partial charge in [-0.05, 0) is 78.3 Å². The predicted octanol–water partition coefficient (Wildman–Crippen LogP) is 5.40. The SMILES string of the molecule is CC/C=C\C(=O)NC1CCC(C/C=C(C)/C=C/[C@@H]2C[C@]3(CO3)CC(C)(C)O2)CC1.CN1CCN(C(=O)O)CC1.[HH]. The minimum atomic E-state index is -0.798. The highest BCUT2D eigenvalue weighted by Gasteiger charge is 2.53. The molecular weight excluding hydrogens is 494 g/mol. The maximum Gasteiger partial charge on any atom is 0.407 e. The first kappa shape index (κ1) is 31.4. The number of nitrogens with zero attached hydrogens (tertiary/aromatic N) is 2. The van der Waals surface area contributed by atoms with E-state index in [-0.39, 0.29) is 24.6 Å². The molecule has 0 unspecified atom stereocenters. The van der Waals surface area contributed by atoms with Crippen LogP contribution in [0.25, 0.3) is 0 Å². The van der Waals surface area contributed by atoms with Crippen LogP contribution in [0.4, 0.5) is 4.79 Å². The molecule has 3 saturated heterocycles. The second-order valence-electron chi connectivity index (χ2n) is 12.4. The summed E-state index contributed by atoms with van der Waals surface area (Å²) >= 11 is 0. The molecule has 3 aliphatic heterocycles. The molecule has 2 amide bonds. The Kier molecular flexibility index (Phi) is 11.6. The lowest BCUT2D eigenvalue weighted by Gasteiger charge is -2.38. The number of rotatable bonds is 7. The van der Waals surface area contributed by atoms with Crippen molar-refractivity contribution in [3.63, 3.8) is 0 Å². The minimum absolute atomic E-state index is 0. The van der Waals surface area contributed by atoms with Crippen LogP contribution < -0.4 is 5.32 Å². The Morgan fingerprint density at radius 3 is 2.36 bits per heavy atom. The van der Waals surface area contributed by atoms with Crippen LogP contribution in [0.2, 0.25) is 0 Å². The zero-order chi connectivity index (χ0) is 28.5. The second kappa shape index (κ2) is 14.5. The van der Waals surface area contributed by atoms with Crippen LogP contribution in [0.15, 0.2) is 36.0 Å². The lowest BCUT2D eigenvalue weighted by molar-refractivity contribution is -0.117. The number of carbonyl (C=O) groups is 2. The molecule has 0 aromatic rings. The van der Waals surface area contributed by atoms with Gasteiger partial charge in [0.2, 0.25) is 5.91 Å². The van der Waals surface area contributed by atoms with Crippen molar-refractivity contribution in [2.45, 2.75) is 102 Å². The number of allylic oxidation sites excluding steroid dienone is 4. The molecule has 3 heterocycles. The summed E-state index contributed by atoms with van der Waals surface area (Å²) in [4.78, 5) is 25.8. The molecule has 39 heavy (non-hydrogen) atoms. The van der Waals surface area contributed by atoms with Gasteiger partial charge in [0.15, 0.2) is 0 Å². The smallest absolute Gasteiger partial charge is 0.407 e. The van der Waals surface area contributed by atoms with Crippen LogP contribution in [0, 0.1) is 5.92 Å². The van der Waals surface area contributed by atoms with Crippen LogP contribution in [0.5, 0.6) is 0 Å². The predicted molar refractivity (Wildman–Crippen MR) is 157 cm³/mol. The van der Waals surface area contributed by atoms with Crippen molar-refractivity contribution in [1.82, 2.24) is 15.1 Å². The maximum absolute atomic E-state index is 11.8. The summed E-state index contributed by atoms with van der Waals surface area (Å²) in [6.07, 6.45) is 18.3. The van der Waals surface area contributed by atoms with E-state index in [0.29, 0.717) is 19.1 Å². The van der Waals surface area contributed by atoms with Gasteiger partial charge in [0.25, 0.3) is 0 Å². The van der Waals surface area contributed by atoms with E-state index in [0.717, 1.165) is 64.1 Å². The summed E-state index contributed by atoms with van der Waals surface area (Å²) in [5, 5.41) is 11.7. The second-order valence-corrected chi connectivity index (χ2v) is 12.4. The molecule has 222 valence electrons. The van der Waals surface area contributed by atoms with E-state index in [1.54, 1.807) is 6.08 Å². The van der Waals surface area contributed by atoms with E-state index in [9.17, 15) is 9.59 Å². The number of ether oxygens (including phenoxy) is 2. The topological polar surface area (TPSA) is 94.6 Å². The monoisotopic (exact) mass is 547 g/mol. The lowest BCUT2D eigenvalue weighted by Crippen LogP contribution is -2.46.